The second-order valence-electron chi connectivity index (χ2n) is 3.79. The van der Waals surface area contributed by atoms with Crippen molar-refractivity contribution in [2.75, 3.05) is 39.8 Å². The van der Waals surface area contributed by atoms with E-state index in [1.807, 2.05) is 7.05 Å². The van der Waals surface area contributed by atoms with Crippen molar-refractivity contribution < 1.29 is 0 Å². The monoisotopic (exact) mass is 187 g/mol. The summed E-state index contributed by atoms with van der Waals surface area (Å²) in [5.41, 5.74) is 0. The zero-order valence-corrected chi connectivity index (χ0v) is 9.32. The van der Waals surface area contributed by atoms with Crippen LogP contribution in [0.25, 0.3) is 0 Å². The van der Waals surface area contributed by atoms with Crippen molar-refractivity contribution in [1.82, 2.24) is 16.0 Å². The minimum Gasteiger partial charge on any atom is -0.318 e. The molecule has 3 nitrogen and oxygen atoms in total. The van der Waals surface area contributed by atoms with E-state index >= 15 is 0 Å². The maximum atomic E-state index is 3.41. The van der Waals surface area contributed by atoms with Crippen LogP contribution in [0.15, 0.2) is 0 Å². The topological polar surface area (TPSA) is 36.1 Å². The highest BCUT2D eigenvalue weighted by atomic mass is 15.0. The molecule has 0 fully saturated rings. The Hall–Kier alpha value is -0.120. The standard InChI is InChI=1S/C10H25N3/c1-10(2)4-5-12-8-9-13-7-6-11-3/h10-13H,4-9H2,1-3H3. The summed E-state index contributed by atoms with van der Waals surface area (Å²) in [6, 6.07) is 0. The van der Waals surface area contributed by atoms with Crippen LogP contribution in [0.4, 0.5) is 0 Å². The van der Waals surface area contributed by atoms with Crippen molar-refractivity contribution in [3.05, 3.63) is 0 Å². The van der Waals surface area contributed by atoms with Gasteiger partial charge in [0, 0.05) is 26.2 Å². The van der Waals surface area contributed by atoms with Gasteiger partial charge in [-0.3, -0.25) is 0 Å². The van der Waals surface area contributed by atoms with E-state index in [2.05, 4.69) is 29.8 Å². The number of nitrogens with one attached hydrogen (secondary N) is 3. The zero-order chi connectivity index (χ0) is 9.94. The van der Waals surface area contributed by atoms with Crippen molar-refractivity contribution in [3.8, 4) is 0 Å². The summed E-state index contributed by atoms with van der Waals surface area (Å²) < 4.78 is 0. The molecule has 0 saturated heterocycles. The molecule has 13 heavy (non-hydrogen) atoms. The molecule has 0 aromatic rings. The quantitative estimate of drug-likeness (QED) is 0.458. The summed E-state index contributed by atoms with van der Waals surface area (Å²) in [5, 5.41) is 9.86. The van der Waals surface area contributed by atoms with Gasteiger partial charge in [0.15, 0.2) is 0 Å². The maximum absolute atomic E-state index is 3.41. The molecule has 80 valence electrons. The van der Waals surface area contributed by atoms with Crippen LogP contribution in [0.5, 0.6) is 0 Å². The predicted molar refractivity (Wildman–Crippen MR) is 59.1 cm³/mol. The molecule has 0 aliphatic heterocycles. The SMILES string of the molecule is CNCCNCCNCCC(C)C. The van der Waals surface area contributed by atoms with Gasteiger partial charge in [0.2, 0.25) is 0 Å². The molecule has 0 aromatic heterocycles. The fourth-order valence-corrected chi connectivity index (χ4v) is 1.03. The fraction of sp³-hybridized carbons (Fsp3) is 1.00. The first-order valence-electron chi connectivity index (χ1n) is 5.33. The second-order valence-corrected chi connectivity index (χ2v) is 3.79. The molecule has 0 radical (unpaired) electrons. The van der Waals surface area contributed by atoms with Gasteiger partial charge in [0.05, 0.1) is 0 Å². The Bertz CT molecular complexity index is 94.2. The van der Waals surface area contributed by atoms with Crippen molar-refractivity contribution in [2.24, 2.45) is 5.92 Å². The highest BCUT2D eigenvalue weighted by molar-refractivity contribution is 4.54. The van der Waals surface area contributed by atoms with Gasteiger partial charge in [-0.25, -0.2) is 0 Å². The molecule has 0 rings (SSSR count). The first kappa shape index (κ1) is 12.9. The third kappa shape index (κ3) is 11.9. The molecule has 3 N–H and O–H groups in total. The lowest BCUT2D eigenvalue weighted by Gasteiger charge is -2.07. The maximum Gasteiger partial charge on any atom is 0.00772 e. The number of hydrogen-bond donors (Lipinski definition) is 3. The van der Waals surface area contributed by atoms with Crippen LogP contribution >= 0.6 is 0 Å². The molecule has 0 amide bonds. The molecule has 0 heterocycles. The average molecular weight is 187 g/mol. The molecule has 0 atom stereocenters. The summed E-state index contributed by atoms with van der Waals surface area (Å²) in [7, 11) is 1.97. The van der Waals surface area contributed by atoms with Crippen LogP contribution in [-0.4, -0.2) is 39.8 Å². The molecule has 0 bridgehead atoms. The Balaban J connectivity index is 2.84. The van der Waals surface area contributed by atoms with Crippen LogP contribution in [0.1, 0.15) is 20.3 Å². The Kier molecular flexibility index (Phi) is 9.87. The van der Waals surface area contributed by atoms with Crippen molar-refractivity contribution >= 4 is 0 Å². The van der Waals surface area contributed by atoms with Crippen LogP contribution in [0, 0.1) is 5.92 Å². The van der Waals surface area contributed by atoms with Gasteiger partial charge in [-0.2, -0.15) is 0 Å². The van der Waals surface area contributed by atoms with E-state index in [4.69, 9.17) is 0 Å². The van der Waals surface area contributed by atoms with Gasteiger partial charge in [-0.15, -0.1) is 0 Å². The van der Waals surface area contributed by atoms with E-state index < -0.39 is 0 Å². The Labute approximate surface area is 82.7 Å². The molecule has 0 spiro atoms. The highest BCUT2D eigenvalue weighted by Gasteiger charge is 1.92. The fourth-order valence-electron chi connectivity index (χ4n) is 1.03. The number of hydrogen-bond acceptors (Lipinski definition) is 3. The van der Waals surface area contributed by atoms with Crippen LogP contribution in [0.2, 0.25) is 0 Å². The number of likely N-dealkylation sites (N-methyl/N-ethyl adjacent to an activating group) is 1. The smallest absolute Gasteiger partial charge is 0.00772 e. The molecular formula is C10H25N3. The first-order valence-corrected chi connectivity index (χ1v) is 5.33. The van der Waals surface area contributed by atoms with Crippen molar-refractivity contribution in [2.45, 2.75) is 20.3 Å². The van der Waals surface area contributed by atoms with Crippen molar-refractivity contribution in [1.29, 1.82) is 0 Å². The largest absolute Gasteiger partial charge is 0.318 e. The molecule has 0 aliphatic carbocycles. The van der Waals surface area contributed by atoms with Gasteiger partial charge in [0.1, 0.15) is 0 Å². The lowest BCUT2D eigenvalue weighted by molar-refractivity contribution is 0.526. The van der Waals surface area contributed by atoms with E-state index in [9.17, 15) is 0 Å². The second kappa shape index (κ2) is 9.96. The van der Waals surface area contributed by atoms with Crippen LogP contribution in [-0.2, 0) is 0 Å². The third-order valence-electron chi connectivity index (χ3n) is 1.93. The Morgan fingerprint density at radius 1 is 0.846 bits per heavy atom. The zero-order valence-electron chi connectivity index (χ0n) is 9.32. The molecule has 3 heteroatoms. The summed E-state index contributed by atoms with van der Waals surface area (Å²) in [4.78, 5) is 0. The number of rotatable bonds is 9. The summed E-state index contributed by atoms with van der Waals surface area (Å²) in [6.07, 6.45) is 1.27. The van der Waals surface area contributed by atoms with Gasteiger partial charge in [0.25, 0.3) is 0 Å². The molecule has 0 aromatic carbocycles. The molecular weight excluding hydrogens is 162 g/mol. The highest BCUT2D eigenvalue weighted by Crippen LogP contribution is 1.95. The van der Waals surface area contributed by atoms with Crippen LogP contribution < -0.4 is 16.0 Å². The van der Waals surface area contributed by atoms with Gasteiger partial charge >= 0.3 is 0 Å². The van der Waals surface area contributed by atoms with E-state index in [1.54, 1.807) is 0 Å². The predicted octanol–water partition coefficient (Wildman–Crippen LogP) is 0.431. The summed E-state index contributed by atoms with van der Waals surface area (Å²) in [5.74, 6) is 0.810. The van der Waals surface area contributed by atoms with Gasteiger partial charge < -0.3 is 16.0 Å². The summed E-state index contributed by atoms with van der Waals surface area (Å²) >= 11 is 0. The molecule has 0 unspecified atom stereocenters. The minimum absolute atomic E-state index is 0.810. The van der Waals surface area contributed by atoms with E-state index in [0.29, 0.717) is 0 Å². The van der Waals surface area contributed by atoms with E-state index in [1.165, 1.54) is 6.42 Å². The minimum atomic E-state index is 0.810. The molecule has 0 aliphatic rings. The molecule has 0 saturated carbocycles. The lowest BCUT2D eigenvalue weighted by atomic mass is 10.1. The van der Waals surface area contributed by atoms with Crippen LogP contribution in [0.3, 0.4) is 0 Å². The normalized spacial score (nSPS) is 11.1. The average Bonchev–Trinajstić information content (AvgIpc) is 2.09. The third-order valence-corrected chi connectivity index (χ3v) is 1.93. The van der Waals surface area contributed by atoms with Gasteiger partial charge in [-0.1, -0.05) is 13.8 Å². The Morgan fingerprint density at radius 3 is 1.92 bits per heavy atom. The Morgan fingerprint density at radius 2 is 1.38 bits per heavy atom. The first-order chi connectivity index (χ1) is 6.27. The lowest BCUT2D eigenvalue weighted by Crippen LogP contribution is -2.32. The summed E-state index contributed by atoms with van der Waals surface area (Å²) in [6.45, 7) is 9.91. The van der Waals surface area contributed by atoms with E-state index in [0.717, 1.165) is 38.6 Å². The van der Waals surface area contributed by atoms with Gasteiger partial charge in [-0.05, 0) is 25.9 Å². The van der Waals surface area contributed by atoms with E-state index in [-0.39, 0.29) is 0 Å². The van der Waals surface area contributed by atoms with Crippen molar-refractivity contribution in [3.63, 3.8) is 0 Å².